The van der Waals surface area contributed by atoms with Gasteiger partial charge in [0.05, 0.1) is 25.7 Å². The molecule has 0 radical (unpaired) electrons. The van der Waals surface area contributed by atoms with Gasteiger partial charge in [-0.15, -0.1) is 0 Å². The van der Waals surface area contributed by atoms with E-state index in [9.17, 15) is 14.7 Å². The molecule has 1 saturated heterocycles. The quantitative estimate of drug-likeness (QED) is 0.0777. The van der Waals surface area contributed by atoms with Gasteiger partial charge in [0.2, 0.25) is 5.91 Å². The number of anilines is 2. The number of hydrogen-bond acceptors (Lipinski definition) is 5. The van der Waals surface area contributed by atoms with Crippen LogP contribution in [-0.2, 0) is 9.59 Å². The summed E-state index contributed by atoms with van der Waals surface area (Å²) >= 11 is 4.44. The first-order chi connectivity index (χ1) is 21.2. The lowest BCUT2D eigenvalue weighted by molar-refractivity contribution is -0.921. The molecule has 244 valence electrons. The Labute approximate surface area is 271 Å². The van der Waals surface area contributed by atoms with Crippen LogP contribution < -0.4 is 10.6 Å². The molecular formula is C36H57N4O3S+. The predicted molar refractivity (Wildman–Crippen MR) is 187 cm³/mol. The Morgan fingerprint density at radius 3 is 1.84 bits per heavy atom. The van der Waals surface area contributed by atoms with Crippen molar-refractivity contribution in [3.05, 3.63) is 58.7 Å². The van der Waals surface area contributed by atoms with Gasteiger partial charge < -0.3 is 20.2 Å². The number of thiol groups is 1. The molecule has 0 saturated carbocycles. The molecule has 44 heavy (non-hydrogen) atoms. The highest BCUT2D eigenvalue weighted by Crippen LogP contribution is 2.25. The number of aryl methyl sites for hydroxylation is 4. The molecule has 0 aliphatic carbocycles. The molecule has 3 N–H and O–H groups in total. The largest absolute Gasteiger partial charge is 0.396 e. The molecule has 1 fully saturated rings. The summed E-state index contributed by atoms with van der Waals surface area (Å²) in [6, 6.07) is 12.2. The molecule has 0 bridgehead atoms. The van der Waals surface area contributed by atoms with Crippen molar-refractivity contribution in [3.8, 4) is 0 Å². The standard InChI is InChI=1S/C36H56N4O3S/c1-28-15-13-16-29(2)34(28)37-33(42)27-40(23-9-11-25-41,24-10-12-26-44)22-8-6-5-7-20-39-21-19-32(39)36(43)38-35-30(3)17-14-18-31(35)4/h13-18,32,41H,5-12,19-27H2,1-4H3,(H2-,37,38,42,43,44)/p+1. The van der Waals surface area contributed by atoms with Gasteiger partial charge in [-0.25, -0.2) is 0 Å². The van der Waals surface area contributed by atoms with Crippen molar-refractivity contribution < 1.29 is 19.2 Å². The maximum absolute atomic E-state index is 13.5. The number of amides is 2. The number of benzene rings is 2. The number of carbonyl (C=O) groups is 2. The molecule has 3 rings (SSSR count). The number of quaternary nitrogens is 1. The van der Waals surface area contributed by atoms with Crippen LogP contribution in [0.25, 0.3) is 0 Å². The van der Waals surface area contributed by atoms with E-state index in [4.69, 9.17) is 0 Å². The Bertz CT molecular complexity index is 1150. The van der Waals surface area contributed by atoms with E-state index < -0.39 is 0 Å². The topological polar surface area (TPSA) is 81.7 Å². The van der Waals surface area contributed by atoms with E-state index >= 15 is 0 Å². The Morgan fingerprint density at radius 2 is 1.32 bits per heavy atom. The van der Waals surface area contributed by atoms with E-state index in [1.165, 1.54) is 0 Å². The number of carbonyl (C=O) groups excluding carboxylic acids is 2. The van der Waals surface area contributed by atoms with E-state index in [1.807, 2.05) is 64.1 Å². The van der Waals surface area contributed by atoms with E-state index in [1.54, 1.807) is 0 Å². The summed E-state index contributed by atoms with van der Waals surface area (Å²) in [5.41, 5.74) is 6.24. The summed E-state index contributed by atoms with van der Waals surface area (Å²) in [5.74, 6) is 1.03. The second-order valence-electron chi connectivity index (χ2n) is 12.9. The minimum Gasteiger partial charge on any atom is -0.396 e. The Balaban J connectivity index is 1.52. The number of aliphatic hydroxyl groups excluding tert-OH is 1. The predicted octanol–water partition coefficient (Wildman–Crippen LogP) is 6.43. The Kier molecular flexibility index (Phi) is 15.2. The third-order valence-electron chi connectivity index (χ3n) is 9.30. The molecule has 1 aliphatic rings. The van der Waals surface area contributed by atoms with Crippen LogP contribution in [0.3, 0.4) is 0 Å². The summed E-state index contributed by atoms with van der Waals surface area (Å²) in [6.07, 6.45) is 9.03. The van der Waals surface area contributed by atoms with Gasteiger partial charge in [-0.1, -0.05) is 42.8 Å². The fourth-order valence-corrected chi connectivity index (χ4v) is 6.75. The number of rotatable bonds is 20. The van der Waals surface area contributed by atoms with Gasteiger partial charge in [0.15, 0.2) is 6.54 Å². The Morgan fingerprint density at radius 1 is 0.795 bits per heavy atom. The van der Waals surface area contributed by atoms with Crippen LogP contribution in [-0.4, -0.2) is 84.0 Å². The van der Waals surface area contributed by atoms with Crippen LogP contribution in [0, 0.1) is 27.7 Å². The van der Waals surface area contributed by atoms with Gasteiger partial charge in [0, 0.05) is 24.5 Å². The van der Waals surface area contributed by atoms with E-state index in [2.05, 4.69) is 28.2 Å². The molecule has 2 atom stereocenters. The normalized spacial score (nSPS) is 16.3. The first-order valence-corrected chi connectivity index (χ1v) is 17.4. The van der Waals surface area contributed by atoms with Crippen molar-refractivity contribution in [1.82, 2.24) is 4.90 Å². The van der Waals surface area contributed by atoms with Crippen LogP contribution in [0.5, 0.6) is 0 Å². The second kappa shape index (κ2) is 18.5. The molecule has 2 amide bonds. The number of para-hydroxylation sites is 2. The van der Waals surface area contributed by atoms with Crippen LogP contribution in [0.15, 0.2) is 36.4 Å². The highest BCUT2D eigenvalue weighted by molar-refractivity contribution is 7.80. The number of unbranched alkanes of at least 4 members (excludes halogenated alkanes) is 5. The van der Waals surface area contributed by atoms with Gasteiger partial charge in [0.1, 0.15) is 0 Å². The summed E-state index contributed by atoms with van der Waals surface area (Å²) in [4.78, 5) is 28.8. The SMILES string of the molecule is Cc1cccc(C)c1NC(=O)C[N+](CCCCO)(CCCCS)CCCCCCN1CCC1C(=O)Nc1c(C)cccc1C. The van der Waals surface area contributed by atoms with Crippen LogP contribution in [0.2, 0.25) is 0 Å². The van der Waals surface area contributed by atoms with Crippen LogP contribution >= 0.6 is 12.6 Å². The molecule has 2 unspecified atom stereocenters. The molecule has 2 aromatic carbocycles. The van der Waals surface area contributed by atoms with Crippen molar-refractivity contribution in [2.24, 2.45) is 0 Å². The zero-order chi connectivity index (χ0) is 32.0. The molecule has 8 heteroatoms. The summed E-state index contributed by atoms with van der Waals surface area (Å²) < 4.78 is 0.761. The van der Waals surface area contributed by atoms with E-state index in [0.717, 1.165) is 134 Å². The maximum atomic E-state index is 13.5. The lowest BCUT2D eigenvalue weighted by Crippen LogP contribution is -2.54. The molecule has 7 nitrogen and oxygen atoms in total. The smallest absolute Gasteiger partial charge is 0.279 e. The van der Waals surface area contributed by atoms with Gasteiger partial charge in [-0.2, -0.15) is 12.6 Å². The fourth-order valence-electron chi connectivity index (χ4n) is 6.52. The number of aliphatic hydroxyl groups is 1. The lowest BCUT2D eigenvalue weighted by Gasteiger charge is -2.40. The molecule has 1 aliphatic heterocycles. The van der Waals surface area contributed by atoms with E-state index in [-0.39, 0.29) is 24.5 Å². The fraction of sp³-hybridized carbons (Fsp3) is 0.611. The van der Waals surface area contributed by atoms with Crippen molar-refractivity contribution in [2.75, 3.05) is 62.3 Å². The minimum atomic E-state index is -0.0351. The monoisotopic (exact) mass is 625 g/mol. The molecule has 0 aromatic heterocycles. The summed E-state index contributed by atoms with van der Waals surface area (Å²) in [7, 11) is 0. The highest BCUT2D eigenvalue weighted by Gasteiger charge is 2.34. The van der Waals surface area contributed by atoms with E-state index in [0.29, 0.717) is 6.54 Å². The first-order valence-electron chi connectivity index (χ1n) is 16.7. The number of likely N-dealkylation sites (tertiary alicyclic amines) is 1. The third kappa shape index (κ3) is 10.9. The number of nitrogens with zero attached hydrogens (tertiary/aromatic N) is 2. The average Bonchev–Trinajstić information content (AvgIpc) is 2.96. The first kappa shape index (κ1) is 36.1. The minimum absolute atomic E-state index is 0.0351. The maximum Gasteiger partial charge on any atom is 0.279 e. The van der Waals surface area contributed by atoms with Crippen molar-refractivity contribution >= 4 is 35.8 Å². The Hall–Kier alpha value is -2.39. The van der Waals surface area contributed by atoms with Gasteiger partial charge in [-0.3, -0.25) is 14.5 Å². The molecular weight excluding hydrogens is 568 g/mol. The third-order valence-corrected chi connectivity index (χ3v) is 9.61. The van der Waals surface area contributed by atoms with Crippen molar-refractivity contribution in [1.29, 1.82) is 0 Å². The van der Waals surface area contributed by atoms with Crippen LogP contribution in [0.1, 0.15) is 80.0 Å². The molecule has 0 spiro atoms. The van der Waals surface area contributed by atoms with Crippen molar-refractivity contribution in [3.63, 3.8) is 0 Å². The molecule has 2 aromatic rings. The second-order valence-corrected chi connectivity index (χ2v) is 13.3. The zero-order valence-electron chi connectivity index (χ0n) is 27.7. The van der Waals surface area contributed by atoms with Crippen molar-refractivity contribution in [2.45, 2.75) is 91.5 Å². The van der Waals surface area contributed by atoms with Crippen LogP contribution in [0.4, 0.5) is 11.4 Å². The number of hydrogen-bond donors (Lipinski definition) is 4. The molecule has 1 heterocycles. The summed E-state index contributed by atoms with van der Waals surface area (Å²) in [5, 5.41) is 15.9. The summed E-state index contributed by atoms with van der Waals surface area (Å²) in [6.45, 7) is 13.5. The zero-order valence-corrected chi connectivity index (χ0v) is 28.6. The van der Waals surface area contributed by atoms with Gasteiger partial charge in [0.25, 0.3) is 5.91 Å². The number of nitrogens with one attached hydrogen (secondary N) is 2. The van der Waals surface area contributed by atoms with Gasteiger partial charge >= 0.3 is 0 Å². The lowest BCUT2D eigenvalue weighted by atomic mass is 10.00. The van der Waals surface area contributed by atoms with Gasteiger partial charge in [-0.05, 0) is 114 Å². The highest BCUT2D eigenvalue weighted by atomic mass is 32.1. The average molecular weight is 626 g/mol.